The van der Waals surface area contributed by atoms with E-state index in [2.05, 4.69) is 28.7 Å². The van der Waals surface area contributed by atoms with Crippen LogP contribution < -0.4 is 0 Å². The summed E-state index contributed by atoms with van der Waals surface area (Å²) in [5, 5.41) is 0. The molecule has 1 atom stereocenters. The van der Waals surface area contributed by atoms with Gasteiger partial charge in [0.1, 0.15) is 0 Å². The first-order valence-electron chi connectivity index (χ1n) is 6.94. The standard InChI is InChI=1S/C13H27N3/c1-3-4-6-15-7-5-13(12-15)16-10-8-14(2)9-11-16/h13H,3-12H2,1-2H3. The van der Waals surface area contributed by atoms with Gasteiger partial charge in [-0.15, -0.1) is 0 Å². The van der Waals surface area contributed by atoms with Gasteiger partial charge >= 0.3 is 0 Å². The molecular formula is C13H27N3. The first-order valence-corrected chi connectivity index (χ1v) is 6.94. The van der Waals surface area contributed by atoms with E-state index >= 15 is 0 Å². The van der Waals surface area contributed by atoms with Crippen molar-refractivity contribution >= 4 is 0 Å². The molecule has 2 fully saturated rings. The summed E-state index contributed by atoms with van der Waals surface area (Å²) in [6.45, 7) is 11.3. The molecule has 94 valence electrons. The average molecular weight is 225 g/mol. The molecule has 0 radical (unpaired) electrons. The van der Waals surface area contributed by atoms with Crippen LogP contribution in [0.15, 0.2) is 0 Å². The predicted octanol–water partition coefficient (Wildman–Crippen LogP) is 1.11. The summed E-state index contributed by atoms with van der Waals surface area (Å²) >= 11 is 0. The van der Waals surface area contributed by atoms with Crippen molar-refractivity contribution in [2.45, 2.75) is 32.2 Å². The van der Waals surface area contributed by atoms with Crippen molar-refractivity contribution in [2.75, 3.05) is 52.9 Å². The Morgan fingerprint density at radius 2 is 1.81 bits per heavy atom. The first-order chi connectivity index (χ1) is 7.79. The monoisotopic (exact) mass is 225 g/mol. The summed E-state index contributed by atoms with van der Waals surface area (Å²) in [5.41, 5.74) is 0. The summed E-state index contributed by atoms with van der Waals surface area (Å²) in [5.74, 6) is 0. The minimum Gasteiger partial charge on any atom is -0.304 e. The van der Waals surface area contributed by atoms with Gasteiger partial charge in [0.2, 0.25) is 0 Å². The maximum absolute atomic E-state index is 2.71. The van der Waals surface area contributed by atoms with Gasteiger partial charge in [-0.2, -0.15) is 0 Å². The van der Waals surface area contributed by atoms with Crippen LogP contribution in [-0.2, 0) is 0 Å². The number of rotatable bonds is 4. The average Bonchev–Trinajstić information content (AvgIpc) is 2.76. The van der Waals surface area contributed by atoms with Crippen LogP contribution in [-0.4, -0.2) is 73.6 Å². The van der Waals surface area contributed by atoms with Crippen molar-refractivity contribution in [3.8, 4) is 0 Å². The van der Waals surface area contributed by atoms with E-state index in [1.54, 1.807) is 0 Å². The molecule has 2 aliphatic heterocycles. The van der Waals surface area contributed by atoms with Crippen LogP contribution in [0.1, 0.15) is 26.2 Å². The molecule has 2 aliphatic rings. The number of hydrogen-bond donors (Lipinski definition) is 0. The van der Waals surface area contributed by atoms with Gasteiger partial charge in [-0.05, 0) is 33.0 Å². The van der Waals surface area contributed by atoms with Crippen LogP contribution in [0.25, 0.3) is 0 Å². The lowest BCUT2D eigenvalue weighted by atomic mass is 10.2. The molecule has 2 saturated heterocycles. The number of unbranched alkanes of at least 4 members (excludes halogenated alkanes) is 1. The Bertz CT molecular complexity index is 199. The molecule has 0 amide bonds. The molecule has 0 N–H and O–H groups in total. The van der Waals surface area contributed by atoms with Gasteiger partial charge < -0.3 is 9.80 Å². The van der Waals surface area contributed by atoms with E-state index in [4.69, 9.17) is 0 Å². The molecule has 1 unspecified atom stereocenters. The second-order valence-electron chi connectivity index (χ2n) is 5.44. The number of piperazine rings is 1. The van der Waals surface area contributed by atoms with Crippen molar-refractivity contribution in [1.82, 2.24) is 14.7 Å². The van der Waals surface area contributed by atoms with Gasteiger partial charge in [-0.25, -0.2) is 0 Å². The summed E-state index contributed by atoms with van der Waals surface area (Å²) in [7, 11) is 2.24. The zero-order valence-electron chi connectivity index (χ0n) is 11.0. The van der Waals surface area contributed by atoms with Crippen molar-refractivity contribution in [2.24, 2.45) is 0 Å². The quantitative estimate of drug-likeness (QED) is 0.709. The number of nitrogens with zero attached hydrogens (tertiary/aromatic N) is 3. The summed E-state index contributed by atoms with van der Waals surface area (Å²) in [6.07, 6.45) is 4.10. The Balaban J connectivity index is 1.71. The normalized spacial score (nSPS) is 30.0. The molecule has 2 rings (SSSR count). The van der Waals surface area contributed by atoms with Crippen molar-refractivity contribution in [1.29, 1.82) is 0 Å². The zero-order valence-corrected chi connectivity index (χ0v) is 11.0. The molecule has 0 bridgehead atoms. The van der Waals surface area contributed by atoms with Crippen LogP contribution in [0.4, 0.5) is 0 Å². The highest BCUT2D eigenvalue weighted by Gasteiger charge is 2.28. The molecule has 3 nitrogen and oxygen atoms in total. The van der Waals surface area contributed by atoms with Crippen molar-refractivity contribution in [3.63, 3.8) is 0 Å². The fourth-order valence-corrected chi connectivity index (χ4v) is 2.88. The summed E-state index contributed by atoms with van der Waals surface area (Å²) in [6, 6.07) is 0.852. The Morgan fingerprint density at radius 3 is 2.50 bits per heavy atom. The van der Waals surface area contributed by atoms with Gasteiger partial charge in [0, 0.05) is 38.8 Å². The van der Waals surface area contributed by atoms with Crippen molar-refractivity contribution in [3.05, 3.63) is 0 Å². The van der Waals surface area contributed by atoms with Gasteiger partial charge in [0.25, 0.3) is 0 Å². The summed E-state index contributed by atoms with van der Waals surface area (Å²) in [4.78, 5) is 7.82. The second-order valence-corrected chi connectivity index (χ2v) is 5.44. The predicted molar refractivity (Wildman–Crippen MR) is 68.8 cm³/mol. The van der Waals surface area contributed by atoms with Crippen LogP contribution in [0, 0.1) is 0 Å². The molecule has 3 heteroatoms. The van der Waals surface area contributed by atoms with Gasteiger partial charge in [0.15, 0.2) is 0 Å². The van der Waals surface area contributed by atoms with E-state index in [1.807, 2.05) is 0 Å². The molecule has 0 saturated carbocycles. The second kappa shape index (κ2) is 5.99. The third-order valence-corrected chi connectivity index (χ3v) is 4.13. The maximum atomic E-state index is 2.71. The lowest BCUT2D eigenvalue weighted by molar-refractivity contribution is 0.113. The Hall–Kier alpha value is -0.120. The van der Waals surface area contributed by atoms with E-state index in [-0.39, 0.29) is 0 Å². The Morgan fingerprint density at radius 1 is 1.06 bits per heavy atom. The number of hydrogen-bond acceptors (Lipinski definition) is 3. The summed E-state index contributed by atoms with van der Waals surface area (Å²) < 4.78 is 0. The lowest BCUT2D eigenvalue weighted by Gasteiger charge is -2.36. The minimum atomic E-state index is 0.852. The van der Waals surface area contributed by atoms with E-state index in [9.17, 15) is 0 Å². The zero-order chi connectivity index (χ0) is 11.4. The Kier molecular flexibility index (Phi) is 4.62. The Labute approximate surface area is 100 Å². The third-order valence-electron chi connectivity index (χ3n) is 4.13. The van der Waals surface area contributed by atoms with Gasteiger partial charge in [-0.3, -0.25) is 4.90 Å². The van der Waals surface area contributed by atoms with Crippen LogP contribution in [0.5, 0.6) is 0 Å². The van der Waals surface area contributed by atoms with Crippen LogP contribution >= 0.6 is 0 Å². The molecular weight excluding hydrogens is 198 g/mol. The van der Waals surface area contributed by atoms with E-state index in [1.165, 1.54) is 65.1 Å². The molecule has 0 spiro atoms. The van der Waals surface area contributed by atoms with Crippen molar-refractivity contribution < 1.29 is 0 Å². The highest BCUT2D eigenvalue weighted by Crippen LogP contribution is 2.17. The van der Waals surface area contributed by atoms with Crippen LogP contribution in [0.2, 0.25) is 0 Å². The maximum Gasteiger partial charge on any atom is 0.0236 e. The molecule has 0 aliphatic carbocycles. The van der Waals surface area contributed by atoms with E-state index in [0.717, 1.165) is 6.04 Å². The number of likely N-dealkylation sites (N-methyl/N-ethyl adjacent to an activating group) is 1. The SMILES string of the molecule is CCCCN1CCC(N2CCN(C)CC2)C1. The topological polar surface area (TPSA) is 9.72 Å². The van der Waals surface area contributed by atoms with Gasteiger partial charge in [-0.1, -0.05) is 13.3 Å². The highest BCUT2D eigenvalue weighted by molar-refractivity contribution is 4.85. The largest absolute Gasteiger partial charge is 0.304 e. The van der Waals surface area contributed by atoms with E-state index < -0.39 is 0 Å². The van der Waals surface area contributed by atoms with Crippen LogP contribution in [0.3, 0.4) is 0 Å². The first kappa shape index (κ1) is 12.3. The number of likely N-dealkylation sites (tertiary alicyclic amines) is 1. The fraction of sp³-hybridized carbons (Fsp3) is 1.00. The molecule has 0 aromatic carbocycles. The highest BCUT2D eigenvalue weighted by atomic mass is 15.3. The minimum absolute atomic E-state index is 0.852. The molecule has 16 heavy (non-hydrogen) atoms. The smallest absolute Gasteiger partial charge is 0.0236 e. The molecule has 0 aromatic rings. The molecule has 0 aromatic heterocycles. The third kappa shape index (κ3) is 3.19. The lowest BCUT2D eigenvalue weighted by Crippen LogP contribution is -2.49. The van der Waals surface area contributed by atoms with Gasteiger partial charge in [0.05, 0.1) is 0 Å². The van der Waals surface area contributed by atoms with E-state index in [0.29, 0.717) is 0 Å². The molecule has 2 heterocycles. The fourth-order valence-electron chi connectivity index (χ4n) is 2.88.